The summed E-state index contributed by atoms with van der Waals surface area (Å²) in [5.41, 5.74) is 2.64. The molecule has 2 aromatic rings. The zero-order valence-corrected chi connectivity index (χ0v) is 17.2. The molecule has 0 amide bonds. The van der Waals surface area contributed by atoms with Crippen LogP contribution < -0.4 is 10.9 Å². The van der Waals surface area contributed by atoms with E-state index in [0.29, 0.717) is 24.1 Å². The minimum Gasteiger partial charge on any atom is -0.376 e. The Morgan fingerprint density at radius 1 is 1.44 bits per heavy atom. The number of hydrogen-bond acceptors (Lipinski definition) is 3. The summed E-state index contributed by atoms with van der Waals surface area (Å²) in [7, 11) is 0. The number of nitrogens with zero attached hydrogens (tertiary/aromatic N) is 1. The largest absolute Gasteiger partial charge is 0.376 e. The Morgan fingerprint density at radius 3 is 2.96 bits per heavy atom. The third-order valence-corrected chi connectivity index (χ3v) is 5.33. The van der Waals surface area contributed by atoms with Crippen molar-refractivity contribution in [2.24, 2.45) is 5.92 Å². The molecule has 1 fully saturated rings. The predicted octanol–water partition coefficient (Wildman–Crippen LogP) is 3.35. The number of aryl methyl sites for hydroxylation is 1. The number of thiocarbonyl (C=S) groups is 1. The molecule has 1 aliphatic heterocycles. The van der Waals surface area contributed by atoms with Gasteiger partial charge < -0.3 is 19.9 Å². The van der Waals surface area contributed by atoms with Crippen LogP contribution in [0, 0.1) is 12.8 Å². The maximum atomic E-state index is 12.7. The van der Waals surface area contributed by atoms with Crippen LogP contribution in [0.1, 0.15) is 37.8 Å². The lowest BCUT2D eigenvalue weighted by molar-refractivity contribution is 0.0896. The second-order valence-electron chi connectivity index (χ2n) is 7.76. The number of nitrogens with one attached hydrogen (secondary N) is 2. The van der Waals surface area contributed by atoms with Crippen LogP contribution in [-0.4, -0.2) is 40.8 Å². The van der Waals surface area contributed by atoms with E-state index in [4.69, 9.17) is 17.0 Å². The summed E-state index contributed by atoms with van der Waals surface area (Å²) in [6, 6.07) is 8.03. The Kier molecular flexibility index (Phi) is 6.50. The molecule has 2 N–H and O–H groups in total. The number of aromatic amines is 1. The molecule has 1 aromatic heterocycles. The first-order chi connectivity index (χ1) is 12.9. The number of ether oxygens (including phenoxy) is 1. The zero-order chi connectivity index (χ0) is 19.4. The van der Waals surface area contributed by atoms with E-state index in [1.54, 1.807) is 0 Å². The van der Waals surface area contributed by atoms with E-state index < -0.39 is 0 Å². The Labute approximate surface area is 166 Å². The highest BCUT2D eigenvalue weighted by atomic mass is 32.1. The van der Waals surface area contributed by atoms with Crippen molar-refractivity contribution in [2.45, 2.75) is 46.3 Å². The van der Waals surface area contributed by atoms with Crippen molar-refractivity contribution >= 4 is 28.2 Å². The first kappa shape index (κ1) is 19.8. The molecule has 1 aliphatic rings. The van der Waals surface area contributed by atoms with Gasteiger partial charge in [0.05, 0.1) is 18.2 Å². The average molecular weight is 388 g/mol. The molecule has 0 saturated carbocycles. The Hall–Kier alpha value is -1.92. The fourth-order valence-electron chi connectivity index (χ4n) is 3.41. The normalized spacial score (nSPS) is 16.8. The smallest absolute Gasteiger partial charge is 0.253 e. The zero-order valence-electron chi connectivity index (χ0n) is 16.4. The fourth-order valence-corrected chi connectivity index (χ4v) is 3.63. The lowest BCUT2D eigenvalue weighted by Gasteiger charge is -2.28. The minimum atomic E-state index is -0.0548. The molecule has 146 valence electrons. The molecule has 0 spiro atoms. The van der Waals surface area contributed by atoms with Gasteiger partial charge in [-0.25, -0.2) is 0 Å². The number of pyridine rings is 1. The minimum absolute atomic E-state index is 0.0548. The van der Waals surface area contributed by atoms with Crippen LogP contribution in [0.3, 0.4) is 0 Å². The second-order valence-corrected chi connectivity index (χ2v) is 8.14. The van der Waals surface area contributed by atoms with Crippen LogP contribution in [0.25, 0.3) is 10.9 Å². The molecule has 5 nitrogen and oxygen atoms in total. The number of fused-ring (bicyclic) bond motifs is 1. The van der Waals surface area contributed by atoms with E-state index >= 15 is 0 Å². The molecule has 6 heteroatoms. The number of H-pyrrole nitrogens is 1. The van der Waals surface area contributed by atoms with Crippen LogP contribution in [0.4, 0.5) is 0 Å². The molecule has 0 aliphatic carbocycles. The number of hydrogen-bond donors (Lipinski definition) is 2. The van der Waals surface area contributed by atoms with Crippen molar-refractivity contribution in [1.29, 1.82) is 0 Å². The molecule has 0 bridgehead atoms. The lowest BCUT2D eigenvalue weighted by Crippen LogP contribution is -2.44. The number of benzene rings is 1. The first-order valence-corrected chi connectivity index (χ1v) is 10.1. The molecule has 1 aromatic carbocycles. The van der Waals surface area contributed by atoms with E-state index in [9.17, 15) is 4.79 Å². The molecule has 3 rings (SSSR count). The monoisotopic (exact) mass is 387 g/mol. The van der Waals surface area contributed by atoms with Crippen molar-refractivity contribution in [1.82, 2.24) is 15.2 Å². The molecular weight excluding hydrogens is 358 g/mol. The molecular formula is C21H29N3O2S. The average Bonchev–Trinajstić information content (AvgIpc) is 3.13. The van der Waals surface area contributed by atoms with Gasteiger partial charge in [-0.3, -0.25) is 4.79 Å². The number of para-hydroxylation sites is 1. The highest BCUT2D eigenvalue weighted by molar-refractivity contribution is 7.80. The summed E-state index contributed by atoms with van der Waals surface area (Å²) in [5, 5.41) is 5.06. The van der Waals surface area contributed by atoms with Crippen molar-refractivity contribution in [2.75, 3.05) is 19.7 Å². The van der Waals surface area contributed by atoms with Crippen molar-refractivity contribution in [3.63, 3.8) is 0 Å². The molecule has 1 unspecified atom stereocenters. The summed E-state index contributed by atoms with van der Waals surface area (Å²) in [6.07, 6.45) is 2.29. The summed E-state index contributed by atoms with van der Waals surface area (Å²) < 4.78 is 5.80. The van der Waals surface area contributed by atoms with Gasteiger partial charge in [0.2, 0.25) is 0 Å². The number of rotatable bonds is 6. The first-order valence-electron chi connectivity index (χ1n) is 9.70. The van der Waals surface area contributed by atoms with E-state index in [0.717, 1.165) is 48.0 Å². The Morgan fingerprint density at radius 2 is 2.26 bits per heavy atom. The van der Waals surface area contributed by atoms with Gasteiger partial charge >= 0.3 is 0 Å². The van der Waals surface area contributed by atoms with Crippen molar-refractivity contribution in [3.05, 3.63) is 45.7 Å². The summed E-state index contributed by atoms with van der Waals surface area (Å²) >= 11 is 5.63. The van der Waals surface area contributed by atoms with Crippen LogP contribution >= 0.6 is 12.2 Å². The Bertz CT molecular complexity index is 856. The topological polar surface area (TPSA) is 57.4 Å². The standard InChI is InChI=1S/C21H29N3O2S/c1-14(2)11-22-21(27)24(13-18-8-5-9-26-18)12-17-10-16-7-4-6-15(3)19(16)23-20(17)25/h4,6-7,10,14,18H,5,8-9,11-13H2,1-3H3,(H,22,27)(H,23,25). The fraction of sp³-hybridized carbons (Fsp3) is 0.524. The number of aromatic nitrogens is 1. The molecule has 0 radical (unpaired) electrons. The van der Waals surface area contributed by atoms with Gasteiger partial charge in [-0.15, -0.1) is 0 Å². The van der Waals surface area contributed by atoms with Gasteiger partial charge in [0.25, 0.3) is 5.56 Å². The third-order valence-electron chi connectivity index (χ3n) is 4.92. The summed E-state index contributed by atoms with van der Waals surface area (Å²) in [5.74, 6) is 0.500. The quantitative estimate of drug-likeness (QED) is 0.745. The molecule has 2 heterocycles. The second kappa shape index (κ2) is 8.85. The van der Waals surface area contributed by atoms with Crippen LogP contribution in [-0.2, 0) is 11.3 Å². The van der Waals surface area contributed by atoms with E-state index in [1.807, 2.05) is 31.2 Å². The van der Waals surface area contributed by atoms with Crippen molar-refractivity contribution < 1.29 is 4.74 Å². The maximum absolute atomic E-state index is 12.7. The van der Waals surface area contributed by atoms with E-state index in [-0.39, 0.29) is 11.7 Å². The van der Waals surface area contributed by atoms with Gasteiger partial charge in [0.15, 0.2) is 5.11 Å². The van der Waals surface area contributed by atoms with Crippen LogP contribution in [0.2, 0.25) is 0 Å². The molecule has 27 heavy (non-hydrogen) atoms. The Balaban J connectivity index is 1.83. The highest BCUT2D eigenvalue weighted by Crippen LogP contribution is 2.18. The summed E-state index contributed by atoms with van der Waals surface area (Å²) in [4.78, 5) is 17.8. The van der Waals surface area contributed by atoms with E-state index in [2.05, 4.69) is 29.0 Å². The van der Waals surface area contributed by atoms with Gasteiger partial charge in [-0.2, -0.15) is 0 Å². The SMILES string of the molecule is Cc1cccc2cc(CN(CC3CCCO3)C(=S)NCC(C)C)c(=O)[nH]c12. The van der Waals surface area contributed by atoms with Gasteiger partial charge in [-0.1, -0.05) is 32.0 Å². The molecule has 1 saturated heterocycles. The predicted molar refractivity (Wildman–Crippen MR) is 114 cm³/mol. The van der Waals surface area contributed by atoms with Gasteiger partial charge in [0.1, 0.15) is 0 Å². The highest BCUT2D eigenvalue weighted by Gasteiger charge is 2.22. The van der Waals surface area contributed by atoms with Crippen molar-refractivity contribution in [3.8, 4) is 0 Å². The summed E-state index contributed by atoms with van der Waals surface area (Å²) in [6.45, 7) is 9.10. The van der Waals surface area contributed by atoms with Crippen LogP contribution in [0.5, 0.6) is 0 Å². The maximum Gasteiger partial charge on any atom is 0.253 e. The third kappa shape index (κ3) is 5.08. The van der Waals surface area contributed by atoms with Gasteiger partial charge in [0, 0.05) is 25.3 Å². The molecule has 1 atom stereocenters. The van der Waals surface area contributed by atoms with E-state index in [1.165, 1.54) is 0 Å². The van der Waals surface area contributed by atoms with Gasteiger partial charge in [-0.05, 0) is 54.9 Å². The lowest BCUT2D eigenvalue weighted by atomic mass is 10.1. The van der Waals surface area contributed by atoms with Crippen LogP contribution in [0.15, 0.2) is 29.1 Å².